The summed E-state index contributed by atoms with van der Waals surface area (Å²) in [6.45, 7) is 8.36. The van der Waals surface area contributed by atoms with Crippen molar-refractivity contribution in [1.82, 2.24) is 14.3 Å². The first-order valence-corrected chi connectivity index (χ1v) is 9.76. The van der Waals surface area contributed by atoms with Crippen molar-refractivity contribution >= 4 is 17.2 Å². The molecule has 2 aliphatic carbocycles. The van der Waals surface area contributed by atoms with E-state index in [9.17, 15) is 4.79 Å². The van der Waals surface area contributed by atoms with Gasteiger partial charge in [-0.3, -0.25) is 9.48 Å². The number of thiazole rings is 1. The minimum atomic E-state index is 0.0616. The fourth-order valence-electron chi connectivity index (χ4n) is 3.42. The quantitative estimate of drug-likeness (QED) is 0.856. The van der Waals surface area contributed by atoms with Crippen LogP contribution in [0.5, 0.6) is 0 Å². The summed E-state index contributed by atoms with van der Waals surface area (Å²) in [5.41, 5.74) is 3.80. The van der Waals surface area contributed by atoms with E-state index >= 15 is 0 Å². The predicted octanol–water partition coefficient (Wildman–Crippen LogP) is 3.02. The zero-order valence-electron chi connectivity index (χ0n) is 14.6. The molecule has 1 fully saturated rings. The van der Waals surface area contributed by atoms with Crippen LogP contribution in [0.2, 0.25) is 0 Å². The summed E-state index contributed by atoms with van der Waals surface area (Å²) in [6, 6.07) is 0. The Morgan fingerprint density at radius 3 is 2.88 bits per heavy atom. The minimum absolute atomic E-state index is 0.0616. The van der Waals surface area contributed by atoms with E-state index < -0.39 is 0 Å². The predicted molar refractivity (Wildman–Crippen MR) is 94.7 cm³/mol. The van der Waals surface area contributed by atoms with Crippen LogP contribution in [-0.2, 0) is 30.7 Å². The Labute approximate surface area is 146 Å². The molecule has 0 radical (unpaired) electrons. The van der Waals surface area contributed by atoms with Gasteiger partial charge >= 0.3 is 0 Å². The zero-order chi connectivity index (χ0) is 16.8. The molecule has 0 saturated heterocycles. The van der Waals surface area contributed by atoms with Crippen LogP contribution in [0, 0.1) is 11.8 Å². The van der Waals surface area contributed by atoms with Crippen molar-refractivity contribution in [1.29, 1.82) is 0 Å². The number of carbonyl (C=O) groups is 1. The molecule has 1 saturated carbocycles. The second-order valence-electron chi connectivity index (χ2n) is 7.21. The molecule has 4 rings (SSSR count). The van der Waals surface area contributed by atoms with Gasteiger partial charge in [0.15, 0.2) is 4.80 Å². The highest BCUT2D eigenvalue weighted by Crippen LogP contribution is 2.35. The summed E-state index contributed by atoms with van der Waals surface area (Å²) in [5, 5.41) is 4.63. The number of amides is 1. The molecule has 0 unspecified atom stereocenters. The van der Waals surface area contributed by atoms with E-state index in [2.05, 4.69) is 40.1 Å². The van der Waals surface area contributed by atoms with Gasteiger partial charge in [0.05, 0.1) is 11.9 Å². The summed E-state index contributed by atoms with van der Waals surface area (Å²) < 4.78 is 4.37. The van der Waals surface area contributed by atoms with Crippen molar-refractivity contribution in [2.75, 3.05) is 0 Å². The maximum Gasteiger partial charge on any atom is 0.251 e. The summed E-state index contributed by atoms with van der Waals surface area (Å²) in [7, 11) is 0. The van der Waals surface area contributed by atoms with Gasteiger partial charge in [-0.15, -0.1) is 11.3 Å². The average Bonchev–Trinajstić information content (AvgIpc) is 3.23. The lowest BCUT2D eigenvalue weighted by molar-refractivity contribution is -0.119. The molecule has 2 heterocycles. The van der Waals surface area contributed by atoms with Crippen molar-refractivity contribution < 1.29 is 4.79 Å². The van der Waals surface area contributed by atoms with Crippen molar-refractivity contribution in [3.05, 3.63) is 21.6 Å². The van der Waals surface area contributed by atoms with Crippen LogP contribution in [0.3, 0.4) is 0 Å². The Balaban J connectivity index is 1.81. The van der Waals surface area contributed by atoms with E-state index in [4.69, 9.17) is 0 Å². The van der Waals surface area contributed by atoms with E-state index in [1.807, 2.05) is 6.20 Å². The van der Waals surface area contributed by atoms with Crippen molar-refractivity contribution in [3.63, 3.8) is 0 Å². The van der Waals surface area contributed by atoms with E-state index in [1.54, 1.807) is 11.3 Å². The molecular formula is C18H24N4OS. The van der Waals surface area contributed by atoms with Gasteiger partial charge in [-0.2, -0.15) is 10.1 Å². The van der Waals surface area contributed by atoms with Crippen LogP contribution in [0.4, 0.5) is 0 Å². The van der Waals surface area contributed by atoms with Crippen LogP contribution in [0.15, 0.2) is 11.2 Å². The Hall–Kier alpha value is -1.69. The van der Waals surface area contributed by atoms with Crippen molar-refractivity contribution in [2.45, 2.75) is 59.5 Å². The standard InChI is InChI=1S/C18H24N4OS/c1-4-21-16-13-9-19-22(10-11(2)3)14(13)7-8-15(16)24-18(21)20-17(23)12-5-6-12/h9,11-12H,4-8,10H2,1-3H3. The molecular weight excluding hydrogens is 320 g/mol. The minimum Gasteiger partial charge on any atom is -0.316 e. The normalized spacial score (nSPS) is 17.2. The molecule has 2 aromatic rings. The summed E-state index contributed by atoms with van der Waals surface area (Å²) in [6.07, 6.45) is 6.05. The van der Waals surface area contributed by atoms with Gasteiger partial charge in [0.1, 0.15) is 0 Å². The summed E-state index contributed by atoms with van der Waals surface area (Å²) >= 11 is 1.69. The van der Waals surface area contributed by atoms with Gasteiger partial charge in [-0.25, -0.2) is 0 Å². The first-order chi connectivity index (χ1) is 11.6. The smallest absolute Gasteiger partial charge is 0.251 e. The number of hydrogen-bond acceptors (Lipinski definition) is 3. The highest BCUT2D eigenvalue weighted by molar-refractivity contribution is 7.09. The van der Waals surface area contributed by atoms with Crippen LogP contribution in [-0.4, -0.2) is 20.3 Å². The number of carbonyl (C=O) groups excluding carboxylic acids is 1. The maximum atomic E-state index is 12.1. The van der Waals surface area contributed by atoms with Crippen LogP contribution in [0.1, 0.15) is 44.2 Å². The highest BCUT2D eigenvalue weighted by atomic mass is 32.1. The third-order valence-electron chi connectivity index (χ3n) is 4.76. The third kappa shape index (κ3) is 2.66. The lowest BCUT2D eigenvalue weighted by atomic mass is 9.99. The molecule has 0 spiro atoms. The van der Waals surface area contributed by atoms with Crippen molar-refractivity contribution in [2.24, 2.45) is 16.8 Å². The monoisotopic (exact) mass is 344 g/mol. The molecule has 0 atom stereocenters. The van der Waals surface area contributed by atoms with Gasteiger partial charge < -0.3 is 4.57 Å². The second kappa shape index (κ2) is 5.99. The van der Waals surface area contributed by atoms with Gasteiger partial charge in [-0.05, 0) is 38.5 Å². The SMILES string of the molecule is CCn1c2c(sc1=NC(=O)C1CC1)CCc1c-2cnn1CC(C)C. The maximum absolute atomic E-state index is 12.1. The molecule has 6 heteroatoms. The number of fused-ring (bicyclic) bond motifs is 3. The molecule has 24 heavy (non-hydrogen) atoms. The fourth-order valence-corrected chi connectivity index (χ4v) is 4.63. The van der Waals surface area contributed by atoms with Crippen molar-refractivity contribution in [3.8, 4) is 11.3 Å². The van der Waals surface area contributed by atoms with E-state index in [1.165, 1.54) is 21.8 Å². The Bertz CT molecular complexity index is 851. The molecule has 128 valence electrons. The fraction of sp³-hybridized carbons (Fsp3) is 0.611. The molecule has 2 aliphatic rings. The molecule has 0 aliphatic heterocycles. The second-order valence-corrected chi connectivity index (χ2v) is 8.27. The molecule has 0 bridgehead atoms. The summed E-state index contributed by atoms with van der Waals surface area (Å²) in [4.78, 5) is 18.8. The van der Waals surface area contributed by atoms with Crippen LogP contribution >= 0.6 is 11.3 Å². The third-order valence-corrected chi connectivity index (χ3v) is 5.90. The molecule has 1 amide bonds. The highest BCUT2D eigenvalue weighted by Gasteiger charge is 2.30. The Morgan fingerprint density at radius 2 is 2.21 bits per heavy atom. The molecule has 0 aromatic carbocycles. The van der Waals surface area contributed by atoms with Gasteiger partial charge in [0.2, 0.25) is 0 Å². The Morgan fingerprint density at radius 1 is 1.42 bits per heavy atom. The number of nitrogens with zero attached hydrogens (tertiary/aromatic N) is 4. The Kier molecular flexibility index (Phi) is 3.95. The first kappa shape index (κ1) is 15.8. The largest absolute Gasteiger partial charge is 0.316 e. The number of hydrogen-bond donors (Lipinski definition) is 0. The zero-order valence-corrected chi connectivity index (χ0v) is 15.4. The summed E-state index contributed by atoms with van der Waals surface area (Å²) in [5.74, 6) is 0.822. The number of aryl methyl sites for hydroxylation is 1. The van der Waals surface area contributed by atoms with Gasteiger partial charge in [0.25, 0.3) is 5.91 Å². The van der Waals surface area contributed by atoms with Gasteiger partial charge in [0, 0.05) is 35.1 Å². The van der Waals surface area contributed by atoms with Crippen LogP contribution in [0.25, 0.3) is 11.3 Å². The molecule has 0 N–H and O–H groups in total. The molecule has 2 aromatic heterocycles. The number of rotatable bonds is 4. The van der Waals surface area contributed by atoms with E-state index in [0.29, 0.717) is 5.92 Å². The van der Waals surface area contributed by atoms with Gasteiger partial charge in [-0.1, -0.05) is 13.8 Å². The number of aromatic nitrogens is 3. The molecule has 5 nitrogen and oxygen atoms in total. The average molecular weight is 344 g/mol. The van der Waals surface area contributed by atoms with Crippen LogP contribution < -0.4 is 4.80 Å². The lowest BCUT2D eigenvalue weighted by Crippen LogP contribution is -2.18. The van der Waals surface area contributed by atoms with E-state index in [0.717, 1.165) is 43.6 Å². The first-order valence-electron chi connectivity index (χ1n) is 8.94. The topological polar surface area (TPSA) is 52.2 Å². The van der Waals surface area contributed by atoms with E-state index in [-0.39, 0.29) is 11.8 Å². The lowest BCUT2D eigenvalue weighted by Gasteiger charge is -2.17.